The van der Waals surface area contributed by atoms with Gasteiger partial charge in [0.1, 0.15) is 0 Å². The van der Waals surface area contributed by atoms with Gasteiger partial charge < -0.3 is 4.42 Å². The molecule has 0 fully saturated rings. The van der Waals surface area contributed by atoms with E-state index in [2.05, 4.69) is 15.5 Å². The number of halogens is 1. The van der Waals surface area contributed by atoms with Crippen LogP contribution < -0.4 is 5.32 Å². The maximum atomic E-state index is 12.2. The van der Waals surface area contributed by atoms with Crippen molar-refractivity contribution in [3.05, 3.63) is 59.6 Å². The lowest BCUT2D eigenvalue weighted by Gasteiger charge is -2.03. The number of hydrogen-bond acceptors (Lipinski definition) is 6. The van der Waals surface area contributed by atoms with Crippen LogP contribution in [0.3, 0.4) is 0 Å². The van der Waals surface area contributed by atoms with Crippen LogP contribution in [-0.4, -0.2) is 30.3 Å². The Morgan fingerprint density at radius 1 is 1.08 bits per heavy atom. The summed E-state index contributed by atoms with van der Waals surface area (Å²) in [6.07, 6.45) is -0.230. The maximum absolute atomic E-state index is 12.2. The first-order chi connectivity index (χ1) is 12.4. The van der Waals surface area contributed by atoms with Crippen molar-refractivity contribution in [1.82, 2.24) is 10.2 Å². The van der Waals surface area contributed by atoms with Crippen LogP contribution in [0.25, 0.3) is 11.5 Å². The molecule has 3 rings (SSSR count). The molecule has 2 aromatic carbocycles. The number of aromatic nitrogens is 2. The van der Waals surface area contributed by atoms with Crippen LogP contribution in [0.5, 0.6) is 0 Å². The topological polar surface area (TPSA) is 102 Å². The number of carbonyl (C=O) groups is 1. The fourth-order valence-electron chi connectivity index (χ4n) is 2.17. The molecule has 0 bridgehead atoms. The van der Waals surface area contributed by atoms with Crippen molar-refractivity contribution in [2.45, 2.75) is 11.3 Å². The van der Waals surface area contributed by atoms with Gasteiger partial charge in [0.2, 0.25) is 11.8 Å². The molecular formula is C17H14ClN3O4S. The molecule has 1 amide bonds. The van der Waals surface area contributed by atoms with E-state index in [1.165, 1.54) is 12.1 Å². The van der Waals surface area contributed by atoms with E-state index in [4.69, 9.17) is 16.0 Å². The van der Waals surface area contributed by atoms with E-state index < -0.39 is 15.7 Å². The molecule has 0 aliphatic rings. The molecular weight excluding hydrogens is 378 g/mol. The number of amides is 1. The first-order valence-corrected chi connectivity index (χ1v) is 9.64. The van der Waals surface area contributed by atoms with Gasteiger partial charge in [0.15, 0.2) is 9.84 Å². The van der Waals surface area contributed by atoms with Crippen LogP contribution in [-0.2, 0) is 14.6 Å². The molecule has 0 aliphatic heterocycles. The summed E-state index contributed by atoms with van der Waals surface area (Å²) in [5.74, 6) is -0.663. The van der Waals surface area contributed by atoms with Crippen molar-refractivity contribution in [2.24, 2.45) is 0 Å². The summed E-state index contributed by atoms with van der Waals surface area (Å²) >= 11 is 5.90. The fourth-order valence-corrected chi connectivity index (χ4v) is 3.62. The van der Waals surface area contributed by atoms with Crippen LogP contribution in [0.1, 0.15) is 6.42 Å². The molecule has 0 atom stereocenters. The molecule has 0 unspecified atom stereocenters. The molecule has 0 radical (unpaired) electrons. The van der Waals surface area contributed by atoms with Gasteiger partial charge in [-0.25, -0.2) is 8.42 Å². The Morgan fingerprint density at radius 2 is 1.85 bits per heavy atom. The minimum Gasteiger partial charge on any atom is -0.403 e. The van der Waals surface area contributed by atoms with Crippen LogP contribution >= 0.6 is 11.6 Å². The van der Waals surface area contributed by atoms with E-state index in [9.17, 15) is 13.2 Å². The van der Waals surface area contributed by atoms with Crippen LogP contribution in [0, 0.1) is 0 Å². The first-order valence-electron chi connectivity index (χ1n) is 7.61. The normalized spacial score (nSPS) is 11.3. The second-order valence-corrected chi connectivity index (χ2v) is 7.90. The van der Waals surface area contributed by atoms with Crippen molar-refractivity contribution < 1.29 is 17.6 Å². The predicted octanol–water partition coefficient (Wildman–Crippen LogP) is 3.19. The van der Waals surface area contributed by atoms with E-state index in [1.54, 1.807) is 42.5 Å². The summed E-state index contributed by atoms with van der Waals surface area (Å²) in [6, 6.07) is 14.7. The van der Waals surface area contributed by atoms with Crippen molar-refractivity contribution in [2.75, 3.05) is 11.1 Å². The molecule has 26 heavy (non-hydrogen) atoms. The molecule has 0 spiro atoms. The Labute approximate surface area is 154 Å². The van der Waals surface area contributed by atoms with Crippen molar-refractivity contribution >= 4 is 33.4 Å². The molecule has 3 aromatic rings. The Balaban J connectivity index is 1.61. The van der Waals surface area contributed by atoms with Crippen LogP contribution in [0.2, 0.25) is 5.02 Å². The van der Waals surface area contributed by atoms with Gasteiger partial charge >= 0.3 is 6.01 Å². The number of nitrogens with one attached hydrogen (secondary N) is 1. The summed E-state index contributed by atoms with van der Waals surface area (Å²) in [4.78, 5) is 12.1. The Morgan fingerprint density at radius 3 is 2.58 bits per heavy atom. The third-order valence-electron chi connectivity index (χ3n) is 3.44. The summed E-state index contributed by atoms with van der Waals surface area (Å²) in [6.45, 7) is 0. The number of hydrogen-bond donors (Lipinski definition) is 1. The monoisotopic (exact) mass is 391 g/mol. The van der Waals surface area contributed by atoms with Crippen molar-refractivity contribution in [3.8, 4) is 11.5 Å². The number of benzene rings is 2. The lowest BCUT2D eigenvalue weighted by atomic mass is 10.2. The number of sulfone groups is 1. The molecule has 1 N–H and O–H groups in total. The number of anilines is 1. The first kappa shape index (κ1) is 18.1. The maximum Gasteiger partial charge on any atom is 0.322 e. The molecule has 7 nitrogen and oxygen atoms in total. The average molecular weight is 392 g/mol. The zero-order chi connectivity index (χ0) is 18.6. The minimum atomic E-state index is -3.53. The van der Waals surface area contributed by atoms with Gasteiger partial charge in [-0.15, -0.1) is 5.10 Å². The lowest BCUT2D eigenvalue weighted by molar-refractivity contribution is -0.115. The fraction of sp³-hybridized carbons (Fsp3) is 0.118. The number of nitrogens with zero attached hydrogens (tertiary/aromatic N) is 2. The quantitative estimate of drug-likeness (QED) is 0.692. The van der Waals surface area contributed by atoms with E-state index in [1.807, 2.05) is 0 Å². The summed E-state index contributed by atoms with van der Waals surface area (Å²) < 4.78 is 29.7. The largest absolute Gasteiger partial charge is 0.403 e. The van der Waals surface area contributed by atoms with E-state index in [0.717, 1.165) is 0 Å². The summed E-state index contributed by atoms with van der Waals surface area (Å²) in [7, 11) is -3.53. The van der Waals surface area contributed by atoms with Crippen LogP contribution in [0.4, 0.5) is 6.01 Å². The highest BCUT2D eigenvalue weighted by molar-refractivity contribution is 7.91. The van der Waals surface area contributed by atoms with Crippen molar-refractivity contribution in [1.29, 1.82) is 0 Å². The minimum absolute atomic E-state index is 0.109. The second kappa shape index (κ2) is 7.67. The number of rotatable bonds is 6. The van der Waals surface area contributed by atoms with E-state index in [-0.39, 0.29) is 29.0 Å². The molecule has 0 saturated heterocycles. The SMILES string of the molecule is O=C(CCS(=O)(=O)c1ccccc1)Nc1nnc(-c2cccc(Cl)c2)o1. The predicted molar refractivity (Wildman–Crippen MR) is 96.5 cm³/mol. The Kier molecular flexibility index (Phi) is 5.34. The molecule has 0 saturated carbocycles. The molecule has 1 heterocycles. The van der Waals surface area contributed by atoms with Crippen LogP contribution in [0.15, 0.2) is 63.9 Å². The highest BCUT2D eigenvalue weighted by Crippen LogP contribution is 2.22. The molecule has 9 heteroatoms. The van der Waals surface area contributed by atoms with Gasteiger partial charge in [0, 0.05) is 17.0 Å². The summed E-state index contributed by atoms with van der Waals surface area (Å²) in [5, 5.41) is 10.5. The standard InChI is InChI=1S/C17H14ClN3O4S/c18-13-6-4-5-12(11-13)16-20-21-17(25-16)19-15(22)9-10-26(23,24)14-7-2-1-3-8-14/h1-8,11H,9-10H2,(H,19,21,22). The smallest absolute Gasteiger partial charge is 0.322 e. The van der Waals surface area contributed by atoms with Gasteiger partial charge in [-0.3, -0.25) is 10.1 Å². The average Bonchev–Trinajstić information content (AvgIpc) is 3.09. The highest BCUT2D eigenvalue weighted by atomic mass is 35.5. The third-order valence-corrected chi connectivity index (χ3v) is 5.41. The van der Waals surface area contributed by atoms with E-state index in [0.29, 0.717) is 10.6 Å². The number of carbonyl (C=O) groups excluding carboxylic acids is 1. The molecule has 1 aromatic heterocycles. The Hall–Kier alpha value is -2.71. The summed E-state index contributed by atoms with van der Waals surface area (Å²) in [5.41, 5.74) is 0.608. The van der Waals surface area contributed by atoms with Gasteiger partial charge in [-0.2, -0.15) is 0 Å². The highest BCUT2D eigenvalue weighted by Gasteiger charge is 2.17. The third kappa shape index (κ3) is 4.47. The van der Waals surface area contributed by atoms with Gasteiger partial charge in [-0.1, -0.05) is 41.0 Å². The second-order valence-electron chi connectivity index (χ2n) is 5.35. The Bertz CT molecular complexity index is 1020. The van der Waals surface area contributed by atoms with Gasteiger partial charge in [0.25, 0.3) is 0 Å². The molecule has 134 valence electrons. The van der Waals surface area contributed by atoms with Gasteiger partial charge in [-0.05, 0) is 30.3 Å². The molecule has 0 aliphatic carbocycles. The van der Waals surface area contributed by atoms with Gasteiger partial charge in [0.05, 0.1) is 10.6 Å². The zero-order valence-electron chi connectivity index (χ0n) is 13.4. The van der Waals surface area contributed by atoms with E-state index >= 15 is 0 Å². The zero-order valence-corrected chi connectivity index (χ0v) is 15.0. The van der Waals surface area contributed by atoms with Crippen molar-refractivity contribution in [3.63, 3.8) is 0 Å². The lowest BCUT2D eigenvalue weighted by Crippen LogP contribution is -2.17.